The lowest BCUT2D eigenvalue weighted by Crippen LogP contribution is -2.19. The second-order valence-electron chi connectivity index (χ2n) is 5.87. The Balaban J connectivity index is 0.00000104. The lowest BCUT2D eigenvalue weighted by molar-refractivity contribution is -0.0980. The molecule has 25 heavy (non-hydrogen) atoms. The summed E-state index contributed by atoms with van der Waals surface area (Å²) < 4.78 is 5.73. The fourth-order valence-electron chi connectivity index (χ4n) is 2.03. The third-order valence-corrected chi connectivity index (χ3v) is 3.61. The number of aromatic carboxylic acids is 1. The van der Waals surface area contributed by atoms with Crippen molar-refractivity contribution < 1.29 is 24.5 Å². The minimum absolute atomic E-state index is 0.250. The number of carboxylic acid groups (broad SMARTS) is 1. The summed E-state index contributed by atoms with van der Waals surface area (Å²) >= 11 is 0. The van der Waals surface area contributed by atoms with Crippen LogP contribution in [0, 0.1) is 5.92 Å². The molecule has 0 aliphatic heterocycles. The van der Waals surface area contributed by atoms with E-state index in [9.17, 15) is 9.90 Å². The molecular formula is C19H31NO5. The summed E-state index contributed by atoms with van der Waals surface area (Å²) in [6.45, 7) is 7.69. The molecule has 2 rings (SSSR count). The Morgan fingerprint density at radius 3 is 2.36 bits per heavy atom. The van der Waals surface area contributed by atoms with Crippen LogP contribution in [0.25, 0.3) is 0 Å². The zero-order valence-electron chi connectivity index (χ0n) is 15.5. The highest BCUT2D eigenvalue weighted by molar-refractivity contribution is 5.89. The highest BCUT2D eigenvalue weighted by Crippen LogP contribution is 2.31. The van der Waals surface area contributed by atoms with Gasteiger partial charge in [-0.25, -0.2) is 4.79 Å². The Hall–Kier alpha value is -2.08. The molecule has 0 bridgehead atoms. The first-order chi connectivity index (χ1) is 12.0. The Kier molecular flexibility index (Phi) is 12.1. The number of rotatable bonds is 8. The second kappa shape index (κ2) is 13.2. The molecular weight excluding hydrogens is 322 g/mol. The summed E-state index contributed by atoms with van der Waals surface area (Å²) in [7, 11) is 1.99. The predicted octanol–water partition coefficient (Wildman–Crippen LogP) is 3.22. The first kappa shape index (κ1) is 22.9. The average molecular weight is 353 g/mol. The number of carboxylic acids is 1. The maximum Gasteiger partial charge on any atom is 0.335 e. The van der Waals surface area contributed by atoms with Crippen molar-refractivity contribution in [2.24, 2.45) is 5.92 Å². The topological polar surface area (TPSA) is 87.1 Å². The van der Waals surface area contributed by atoms with Crippen LogP contribution in [0.15, 0.2) is 18.2 Å². The number of aliphatic hydroxyl groups excluding tert-OH is 1. The van der Waals surface area contributed by atoms with E-state index in [0.29, 0.717) is 18.3 Å². The molecule has 1 fully saturated rings. The van der Waals surface area contributed by atoms with E-state index < -0.39 is 5.97 Å². The summed E-state index contributed by atoms with van der Waals surface area (Å²) in [5, 5.41) is 16.8. The number of unbranched alkanes of at least 4 members (excludes halogenated alkanes) is 1. The molecule has 0 heterocycles. The van der Waals surface area contributed by atoms with Gasteiger partial charge in [0.25, 0.3) is 0 Å². The van der Waals surface area contributed by atoms with Crippen LogP contribution in [0.2, 0.25) is 0 Å². The van der Waals surface area contributed by atoms with Crippen molar-refractivity contribution in [3.8, 4) is 5.75 Å². The lowest BCUT2D eigenvalue weighted by atomic mass is 10.1. The van der Waals surface area contributed by atoms with Crippen molar-refractivity contribution in [3.63, 3.8) is 0 Å². The molecule has 0 spiro atoms. The Labute approximate surface area is 150 Å². The van der Waals surface area contributed by atoms with Gasteiger partial charge in [0.05, 0.1) is 12.2 Å². The van der Waals surface area contributed by atoms with E-state index in [1.807, 2.05) is 19.9 Å². The van der Waals surface area contributed by atoms with E-state index in [1.165, 1.54) is 12.8 Å². The van der Waals surface area contributed by atoms with Crippen LogP contribution in [-0.4, -0.2) is 49.8 Å². The van der Waals surface area contributed by atoms with Crippen LogP contribution in [0.4, 0.5) is 5.69 Å². The number of hydrogen-bond acceptors (Lipinski definition) is 5. The Bertz CT molecular complexity index is 503. The van der Waals surface area contributed by atoms with Crippen LogP contribution in [0.5, 0.6) is 5.75 Å². The average Bonchev–Trinajstić information content (AvgIpc) is 3.44. The maximum atomic E-state index is 11.2. The molecule has 2 N–H and O–H groups in total. The van der Waals surface area contributed by atoms with Crippen molar-refractivity contribution in [1.82, 2.24) is 0 Å². The minimum atomic E-state index is -0.910. The monoisotopic (exact) mass is 353 g/mol. The quantitative estimate of drug-likeness (QED) is 0.746. The Morgan fingerprint density at radius 2 is 1.88 bits per heavy atom. The van der Waals surface area contributed by atoms with Crippen LogP contribution >= 0.6 is 0 Å². The van der Waals surface area contributed by atoms with Gasteiger partial charge in [0.2, 0.25) is 0 Å². The molecule has 0 amide bonds. The SMILES string of the molecule is C=O.CCCCN(C)c1cc(OCC2CC2)cc(C(=O)O)c1.CCO. The van der Waals surface area contributed by atoms with Crippen molar-refractivity contribution >= 4 is 18.4 Å². The third kappa shape index (κ3) is 9.72. The number of carbonyl (C=O) groups is 2. The van der Waals surface area contributed by atoms with Crippen LogP contribution in [0.3, 0.4) is 0 Å². The fraction of sp³-hybridized carbons (Fsp3) is 0.579. The van der Waals surface area contributed by atoms with Gasteiger partial charge in [-0.15, -0.1) is 0 Å². The van der Waals surface area contributed by atoms with Crippen LogP contribution in [0.1, 0.15) is 49.9 Å². The molecule has 0 atom stereocenters. The van der Waals surface area contributed by atoms with Gasteiger partial charge in [-0.2, -0.15) is 0 Å². The standard InChI is InChI=1S/C16H23NO3.C2H6O.CH2O/c1-3-4-7-17(2)14-8-13(16(18)19)9-15(10-14)20-11-12-5-6-12;1-2-3;1-2/h8-10,12H,3-7,11H2,1-2H3,(H,18,19);3H,2H2,1H3;1H2. The van der Waals surface area contributed by atoms with Gasteiger partial charge in [-0.3, -0.25) is 0 Å². The second-order valence-corrected chi connectivity index (χ2v) is 5.87. The highest BCUT2D eigenvalue weighted by atomic mass is 16.5. The summed E-state index contributed by atoms with van der Waals surface area (Å²) in [4.78, 5) is 21.3. The molecule has 0 aromatic heterocycles. The third-order valence-electron chi connectivity index (χ3n) is 3.61. The molecule has 1 aliphatic rings. The van der Waals surface area contributed by atoms with E-state index in [4.69, 9.17) is 14.6 Å². The number of hydrogen-bond donors (Lipinski definition) is 2. The Morgan fingerprint density at radius 1 is 1.28 bits per heavy atom. The molecule has 1 aromatic carbocycles. The number of aliphatic hydroxyl groups is 1. The van der Waals surface area contributed by atoms with Crippen molar-refractivity contribution in [2.45, 2.75) is 39.5 Å². The number of benzene rings is 1. The number of nitrogens with zero attached hydrogens (tertiary/aromatic N) is 1. The van der Waals surface area contributed by atoms with Gasteiger partial charge in [0.1, 0.15) is 12.5 Å². The first-order valence-electron chi connectivity index (χ1n) is 8.63. The van der Waals surface area contributed by atoms with Gasteiger partial charge in [0.15, 0.2) is 0 Å². The highest BCUT2D eigenvalue weighted by Gasteiger charge is 2.22. The summed E-state index contributed by atoms with van der Waals surface area (Å²) in [6, 6.07) is 5.26. The molecule has 1 aliphatic carbocycles. The van der Waals surface area contributed by atoms with Gasteiger partial charge >= 0.3 is 5.97 Å². The minimum Gasteiger partial charge on any atom is -0.493 e. The number of ether oxygens (including phenoxy) is 1. The number of anilines is 1. The largest absolute Gasteiger partial charge is 0.493 e. The van der Waals surface area contributed by atoms with E-state index in [-0.39, 0.29) is 12.2 Å². The van der Waals surface area contributed by atoms with Crippen molar-refractivity contribution in [3.05, 3.63) is 23.8 Å². The molecule has 142 valence electrons. The first-order valence-corrected chi connectivity index (χ1v) is 8.63. The summed E-state index contributed by atoms with van der Waals surface area (Å²) in [5.41, 5.74) is 1.20. The van der Waals surface area contributed by atoms with Gasteiger partial charge in [0, 0.05) is 32.0 Å². The molecule has 0 saturated heterocycles. The normalized spacial score (nSPS) is 12.2. The fourth-order valence-corrected chi connectivity index (χ4v) is 2.03. The molecule has 6 heteroatoms. The van der Waals surface area contributed by atoms with Crippen LogP contribution in [-0.2, 0) is 4.79 Å². The zero-order chi connectivity index (χ0) is 19.2. The molecule has 0 radical (unpaired) electrons. The predicted molar refractivity (Wildman–Crippen MR) is 99.7 cm³/mol. The van der Waals surface area contributed by atoms with Gasteiger partial charge < -0.3 is 24.6 Å². The number of carbonyl (C=O) groups excluding carboxylic acids is 1. The lowest BCUT2D eigenvalue weighted by Gasteiger charge is -2.20. The van der Waals surface area contributed by atoms with Crippen LogP contribution < -0.4 is 9.64 Å². The molecule has 6 nitrogen and oxygen atoms in total. The van der Waals surface area contributed by atoms with Crippen molar-refractivity contribution in [1.29, 1.82) is 0 Å². The molecule has 1 aromatic rings. The molecule has 1 saturated carbocycles. The summed E-state index contributed by atoms with van der Waals surface area (Å²) in [6.07, 6.45) is 4.66. The van der Waals surface area contributed by atoms with E-state index in [1.54, 1.807) is 19.1 Å². The zero-order valence-corrected chi connectivity index (χ0v) is 15.5. The van der Waals surface area contributed by atoms with E-state index >= 15 is 0 Å². The van der Waals surface area contributed by atoms with E-state index in [0.717, 1.165) is 25.1 Å². The maximum absolute atomic E-state index is 11.2. The summed E-state index contributed by atoms with van der Waals surface area (Å²) in [5.74, 6) is 0.409. The van der Waals surface area contributed by atoms with Gasteiger partial charge in [-0.05, 0) is 44.2 Å². The van der Waals surface area contributed by atoms with Gasteiger partial charge in [-0.1, -0.05) is 13.3 Å². The smallest absolute Gasteiger partial charge is 0.335 e. The van der Waals surface area contributed by atoms with E-state index in [2.05, 4.69) is 11.8 Å². The molecule has 0 unspecified atom stereocenters. The van der Waals surface area contributed by atoms with Crippen molar-refractivity contribution in [2.75, 3.05) is 31.7 Å².